The van der Waals surface area contributed by atoms with Crippen LogP contribution >= 0.6 is 0 Å². The second-order valence-corrected chi connectivity index (χ2v) is 6.79. The van der Waals surface area contributed by atoms with Crippen LogP contribution in [0.1, 0.15) is 37.5 Å². The van der Waals surface area contributed by atoms with Gasteiger partial charge in [0, 0.05) is 12.3 Å². The van der Waals surface area contributed by atoms with Crippen LogP contribution in [-0.4, -0.2) is 27.0 Å². The van der Waals surface area contributed by atoms with Gasteiger partial charge in [0.15, 0.2) is 0 Å². The molecule has 0 saturated heterocycles. The fourth-order valence-electron chi connectivity index (χ4n) is 2.90. The lowest BCUT2D eigenvalue weighted by atomic mass is 9.82. The SMILES string of the molecule is CC(C)(O)CC(O)C(Cc1ccccc1)C(O)c1ccccc1. The van der Waals surface area contributed by atoms with Crippen LogP contribution in [0.25, 0.3) is 0 Å². The summed E-state index contributed by atoms with van der Waals surface area (Å²) in [5, 5.41) is 31.4. The maximum absolute atomic E-state index is 10.8. The molecule has 0 amide bonds. The summed E-state index contributed by atoms with van der Waals surface area (Å²) in [4.78, 5) is 0. The Bertz CT molecular complexity index is 575. The van der Waals surface area contributed by atoms with Crippen LogP contribution in [0.2, 0.25) is 0 Å². The predicted molar refractivity (Wildman–Crippen MR) is 92.0 cm³/mol. The molecule has 0 spiro atoms. The highest BCUT2D eigenvalue weighted by Crippen LogP contribution is 2.31. The molecule has 0 aliphatic carbocycles. The van der Waals surface area contributed by atoms with E-state index >= 15 is 0 Å². The molecule has 23 heavy (non-hydrogen) atoms. The number of hydrogen-bond acceptors (Lipinski definition) is 3. The minimum atomic E-state index is -0.981. The zero-order valence-electron chi connectivity index (χ0n) is 13.8. The topological polar surface area (TPSA) is 60.7 Å². The first kappa shape index (κ1) is 17.7. The summed E-state index contributed by atoms with van der Waals surface area (Å²) in [5.41, 5.74) is 0.857. The minimum Gasteiger partial charge on any atom is -0.393 e. The normalized spacial score (nSPS) is 15.9. The quantitative estimate of drug-likeness (QED) is 0.736. The van der Waals surface area contributed by atoms with Gasteiger partial charge in [-0.3, -0.25) is 0 Å². The molecular weight excluding hydrogens is 288 g/mol. The molecule has 0 aliphatic heterocycles. The number of aliphatic hydroxyl groups is 3. The molecule has 0 radical (unpaired) electrons. The van der Waals surface area contributed by atoms with Gasteiger partial charge in [-0.15, -0.1) is 0 Å². The van der Waals surface area contributed by atoms with E-state index < -0.39 is 17.8 Å². The van der Waals surface area contributed by atoms with E-state index in [4.69, 9.17) is 0 Å². The zero-order valence-corrected chi connectivity index (χ0v) is 13.8. The summed E-state index contributed by atoms with van der Waals surface area (Å²) in [6.07, 6.45) is -0.818. The van der Waals surface area contributed by atoms with E-state index in [0.717, 1.165) is 11.1 Å². The van der Waals surface area contributed by atoms with Gasteiger partial charge in [0.1, 0.15) is 0 Å². The molecule has 3 nitrogen and oxygen atoms in total. The molecule has 3 atom stereocenters. The molecular formula is C20H26O3. The Morgan fingerprint density at radius 2 is 1.39 bits per heavy atom. The predicted octanol–water partition coefficient (Wildman–Crippen LogP) is 3.10. The fraction of sp³-hybridized carbons (Fsp3) is 0.400. The van der Waals surface area contributed by atoms with Crippen molar-refractivity contribution in [3.8, 4) is 0 Å². The molecule has 0 aromatic heterocycles. The van der Waals surface area contributed by atoms with Crippen molar-refractivity contribution in [1.82, 2.24) is 0 Å². The molecule has 2 aromatic rings. The van der Waals surface area contributed by atoms with E-state index in [2.05, 4.69) is 0 Å². The summed E-state index contributed by atoms with van der Waals surface area (Å²) in [6, 6.07) is 19.2. The third-order valence-corrected chi connectivity index (χ3v) is 4.06. The summed E-state index contributed by atoms with van der Waals surface area (Å²) in [5.74, 6) is -0.383. The largest absolute Gasteiger partial charge is 0.393 e. The third-order valence-electron chi connectivity index (χ3n) is 4.06. The molecule has 0 fully saturated rings. The Labute approximate surface area is 138 Å². The van der Waals surface area contributed by atoms with Crippen LogP contribution in [0.3, 0.4) is 0 Å². The first-order chi connectivity index (χ1) is 10.9. The smallest absolute Gasteiger partial charge is 0.0846 e. The van der Waals surface area contributed by atoms with Crippen LogP contribution in [-0.2, 0) is 6.42 Å². The monoisotopic (exact) mass is 314 g/mol. The standard InChI is InChI=1S/C20H26O3/c1-20(2,23)14-18(21)17(13-15-9-5-3-6-10-15)19(22)16-11-7-4-8-12-16/h3-12,17-19,21-23H,13-14H2,1-2H3. The van der Waals surface area contributed by atoms with Gasteiger partial charge in [0.05, 0.1) is 17.8 Å². The van der Waals surface area contributed by atoms with Crippen LogP contribution in [0.5, 0.6) is 0 Å². The second kappa shape index (κ2) is 7.73. The highest BCUT2D eigenvalue weighted by atomic mass is 16.3. The van der Waals surface area contributed by atoms with E-state index in [0.29, 0.717) is 6.42 Å². The molecule has 2 aromatic carbocycles. The summed E-state index contributed by atoms with van der Waals surface area (Å²) in [6.45, 7) is 3.34. The summed E-state index contributed by atoms with van der Waals surface area (Å²) < 4.78 is 0. The molecule has 124 valence electrons. The molecule has 3 heteroatoms. The van der Waals surface area contributed by atoms with Crippen LogP contribution in [0.4, 0.5) is 0 Å². The number of benzene rings is 2. The van der Waals surface area contributed by atoms with Gasteiger partial charge in [-0.1, -0.05) is 60.7 Å². The number of aliphatic hydroxyl groups excluding tert-OH is 2. The average molecular weight is 314 g/mol. The lowest BCUT2D eigenvalue weighted by Gasteiger charge is -2.31. The van der Waals surface area contributed by atoms with Crippen molar-refractivity contribution in [3.05, 3.63) is 71.8 Å². The number of rotatable bonds is 7. The molecule has 0 saturated carbocycles. The Balaban J connectivity index is 2.23. The van der Waals surface area contributed by atoms with Crippen LogP contribution in [0.15, 0.2) is 60.7 Å². The van der Waals surface area contributed by atoms with Crippen molar-refractivity contribution >= 4 is 0 Å². The highest BCUT2D eigenvalue weighted by Gasteiger charge is 2.31. The molecule has 0 heterocycles. The Morgan fingerprint density at radius 1 is 0.870 bits per heavy atom. The Kier molecular flexibility index (Phi) is 5.94. The molecule has 3 N–H and O–H groups in total. The van der Waals surface area contributed by atoms with Crippen molar-refractivity contribution < 1.29 is 15.3 Å². The average Bonchev–Trinajstić information content (AvgIpc) is 2.52. The fourth-order valence-corrected chi connectivity index (χ4v) is 2.90. The van der Waals surface area contributed by atoms with Gasteiger partial charge < -0.3 is 15.3 Å². The van der Waals surface area contributed by atoms with Gasteiger partial charge in [-0.25, -0.2) is 0 Å². The molecule has 3 unspecified atom stereocenters. The van der Waals surface area contributed by atoms with Crippen LogP contribution < -0.4 is 0 Å². The van der Waals surface area contributed by atoms with Gasteiger partial charge in [0.2, 0.25) is 0 Å². The highest BCUT2D eigenvalue weighted by molar-refractivity contribution is 5.21. The van der Waals surface area contributed by atoms with Crippen molar-refractivity contribution in [2.24, 2.45) is 5.92 Å². The van der Waals surface area contributed by atoms with Crippen molar-refractivity contribution in [2.45, 2.75) is 44.5 Å². The Morgan fingerprint density at radius 3 is 1.91 bits per heavy atom. The van der Waals surface area contributed by atoms with Gasteiger partial charge in [0.25, 0.3) is 0 Å². The summed E-state index contributed by atoms with van der Waals surface area (Å²) in [7, 11) is 0. The Hall–Kier alpha value is -1.68. The van der Waals surface area contributed by atoms with E-state index in [9.17, 15) is 15.3 Å². The van der Waals surface area contributed by atoms with Gasteiger partial charge >= 0.3 is 0 Å². The summed E-state index contributed by atoms with van der Waals surface area (Å²) >= 11 is 0. The molecule has 0 aliphatic rings. The van der Waals surface area contributed by atoms with Crippen LogP contribution in [0, 0.1) is 5.92 Å². The minimum absolute atomic E-state index is 0.217. The second-order valence-electron chi connectivity index (χ2n) is 6.79. The van der Waals surface area contributed by atoms with Crippen molar-refractivity contribution in [1.29, 1.82) is 0 Å². The van der Waals surface area contributed by atoms with Crippen molar-refractivity contribution in [3.63, 3.8) is 0 Å². The maximum atomic E-state index is 10.8. The van der Waals surface area contributed by atoms with E-state index in [1.807, 2.05) is 60.7 Å². The first-order valence-electron chi connectivity index (χ1n) is 8.04. The first-order valence-corrected chi connectivity index (χ1v) is 8.04. The van der Waals surface area contributed by atoms with Gasteiger partial charge in [-0.05, 0) is 31.4 Å². The lowest BCUT2D eigenvalue weighted by molar-refractivity contribution is -0.0394. The maximum Gasteiger partial charge on any atom is 0.0846 e. The molecule has 2 rings (SSSR count). The number of hydrogen-bond donors (Lipinski definition) is 3. The van der Waals surface area contributed by atoms with Crippen molar-refractivity contribution in [2.75, 3.05) is 0 Å². The van der Waals surface area contributed by atoms with E-state index in [1.54, 1.807) is 13.8 Å². The zero-order chi connectivity index (χ0) is 16.9. The third kappa shape index (κ3) is 5.47. The van der Waals surface area contributed by atoms with Gasteiger partial charge in [-0.2, -0.15) is 0 Å². The molecule has 0 bridgehead atoms. The lowest BCUT2D eigenvalue weighted by Crippen LogP contribution is -2.35. The van der Waals surface area contributed by atoms with E-state index in [1.165, 1.54) is 0 Å². The van der Waals surface area contributed by atoms with E-state index in [-0.39, 0.29) is 12.3 Å².